The maximum Gasteiger partial charge on any atom is 0.243 e. The molecule has 1 heterocycles. The van der Waals surface area contributed by atoms with Gasteiger partial charge in [0.2, 0.25) is 5.91 Å². The Kier molecular flexibility index (Phi) is 7.23. The van der Waals surface area contributed by atoms with Gasteiger partial charge in [-0.05, 0) is 41.7 Å². The molecule has 0 atom stereocenters. The zero-order chi connectivity index (χ0) is 19.8. The number of amides is 1. The van der Waals surface area contributed by atoms with E-state index in [0.717, 1.165) is 38.2 Å². The Labute approximate surface area is 166 Å². The van der Waals surface area contributed by atoms with Crippen LogP contribution in [0.3, 0.4) is 0 Å². The molecule has 3 rings (SSSR count). The molecule has 5 nitrogen and oxygen atoms in total. The minimum absolute atomic E-state index is 0.00113. The number of methoxy groups -OCH3 is 1. The molecule has 1 amide bonds. The molecule has 0 radical (unpaired) electrons. The summed E-state index contributed by atoms with van der Waals surface area (Å²) >= 11 is 0. The minimum atomic E-state index is -0.417. The highest BCUT2D eigenvalue weighted by Gasteiger charge is 2.14. The first-order valence-electron chi connectivity index (χ1n) is 9.67. The summed E-state index contributed by atoms with van der Waals surface area (Å²) in [6.45, 7) is 3.40. The Balaban J connectivity index is 1.61. The first-order chi connectivity index (χ1) is 13.7. The second-order valence-electron chi connectivity index (χ2n) is 6.98. The third-order valence-corrected chi connectivity index (χ3v) is 5.02. The smallest absolute Gasteiger partial charge is 0.243 e. The first-order valence-corrected chi connectivity index (χ1v) is 9.67. The molecule has 1 fully saturated rings. The number of piperidine rings is 1. The van der Waals surface area contributed by atoms with Gasteiger partial charge >= 0.3 is 0 Å². The van der Waals surface area contributed by atoms with Gasteiger partial charge in [0, 0.05) is 19.6 Å². The van der Waals surface area contributed by atoms with Crippen molar-refractivity contribution in [3.05, 3.63) is 59.7 Å². The van der Waals surface area contributed by atoms with Crippen LogP contribution in [0.2, 0.25) is 0 Å². The normalized spacial score (nSPS) is 14.7. The number of primary amides is 1. The van der Waals surface area contributed by atoms with Crippen LogP contribution in [0.15, 0.2) is 54.1 Å². The first kappa shape index (κ1) is 20.1. The van der Waals surface area contributed by atoms with Gasteiger partial charge in [0.25, 0.3) is 0 Å². The van der Waals surface area contributed by atoms with Crippen LogP contribution in [0.1, 0.15) is 18.4 Å². The van der Waals surface area contributed by atoms with Crippen LogP contribution in [-0.4, -0.2) is 50.8 Å². The molecule has 0 saturated carbocycles. The maximum atomic E-state index is 10.7. The van der Waals surface area contributed by atoms with Crippen molar-refractivity contribution in [3.8, 4) is 16.9 Å². The number of carbonyl (C=O) groups is 1. The van der Waals surface area contributed by atoms with Crippen LogP contribution in [-0.2, 0) is 9.53 Å². The fourth-order valence-corrected chi connectivity index (χ4v) is 3.45. The third-order valence-electron chi connectivity index (χ3n) is 5.02. The van der Waals surface area contributed by atoms with Crippen molar-refractivity contribution < 1.29 is 14.3 Å². The van der Waals surface area contributed by atoms with E-state index < -0.39 is 5.91 Å². The Bertz CT molecular complexity index is 805. The number of likely N-dealkylation sites (tertiary alicyclic amines) is 1. The van der Waals surface area contributed by atoms with Crippen LogP contribution in [0, 0.1) is 0 Å². The summed E-state index contributed by atoms with van der Waals surface area (Å²) in [6, 6.07) is 16.7. The molecule has 2 N–H and O–H groups in total. The van der Waals surface area contributed by atoms with Crippen molar-refractivity contribution in [2.45, 2.75) is 12.8 Å². The van der Waals surface area contributed by atoms with Gasteiger partial charge in [0.15, 0.2) is 0 Å². The predicted molar refractivity (Wildman–Crippen MR) is 112 cm³/mol. The summed E-state index contributed by atoms with van der Waals surface area (Å²) in [4.78, 5) is 13.1. The average molecular weight is 380 g/mol. The number of hydrogen-bond donors (Lipinski definition) is 1. The Morgan fingerprint density at radius 2 is 1.82 bits per heavy atom. The van der Waals surface area contributed by atoms with E-state index >= 15 is 0 Å². The van der Waals surface area contributed by atoms with E-state index in [1.807, 2.05) is 12.1 Å². The SMILES string of the molecule is COc1ccc(-c2ccccc2C=C2CCN(CCOCC(N)=O)CC2)cc1. The fourth-order valence-electron chi connectivity index (χ4n) is 3.45. The van der Waals surface area contributed by atoms with Crippen LogP contribution < -0.4 is 10.5 Å². The lowest BCUT2D eigenvalue weighted by Crippen LogP contribution is -2.34. The largest absolute Gasteiger partial charge is 0.497 e. The molecular weight excluding hydrogens is 352 g/mol. The number of rotatable bonds is 8. The second-order valence-corrected chi connectivity index (χ2v) is 6.98. The van der Waals surface area contributed by atoms with E-state index in [2.05, 4.69) is 47.4 Å². The molecule has 2 aromatic carbocycles. The molecule has 1 aliphatic rings. The number of nitrogens with zero attached hydrogens (tertiary/aromatic N) is 1. The second kappa shape index (κ2) is 10.1. The summed E-state index contributed by atoms with van der Waals surface area (Å²) in [5, 5.41) is 0. The summed E-state index contributed by atoms with van der Waals surface area (Å²) < 4.78 is 10.5. The molecule has 2 aromatic rings. The van der Waals surface area contributed by atoms with Crippen molar-refractivity contribution in [2.75, 3.05) is 40.0 Å². The molecule has 148 valence electrons. The zero-order valence-electron chi connectivity index (χ0n) is 16.4. The van der Waals surface area contributed by atoms with E-state index in [9.17, 15) is 4.79 Å². The van der Waals surface area contributed by atoms with Crippen LogP contribution >= 0.6 is 0 Å². The van der Waals surface area contributed by atoms with Crippen molar-refractivity contribution >= 4 is 12.0 Å². The molecule has 5 heteroatoms. The minimum Gasteiger partial charge on any atom is -0.497 e. The van der Waals surface area contributed by atoms with Crippen LogP contribution in [0.5, 0.6) is 5.75 Å². The number of carbonyl (C=O) groups excluding carboxylic acids is 1. The van der Waals surface area contributed by atoms with E-state index in [4.69, 9.17) is 15.2 Å². The summed E-state index contributed by atoms with van der Waals surface area (Å²) in [7, 11) is 1.68. The third kappa shape index (κ3) is 5.68. The summed E-state index contributed by atoms with van der Waals surface area (Å²) in [5.41, 5.74) is 10.2. The lowest BCUT2D eigenvalue weighted by Gasteiger charge is -2.28. The van der Waals surface area contributed by atoms with Gasteiger partial charge in [-0.3, -0.25) is 4.79 Å². The van der Waals surface area contributed by atoms with Crippen molar-refractivity contribution in [1.29, 1.82) is 0 Å². The van der Waals surface area contributed by atoms with Gasteiger partial charge in [-0.25, -0.2) is 0 Å². The molecule has 0 aromatic heterocycles. The molecule has 0 unspecified atom stereocenters. The molecular formula is C23H28N2O3. The average Bonchev–Trinajstić information content (AvgIpc) is 2.73. The van der Waals surface area contributed by atoms with Gasteiger partial charge in [-0.15, -0.1) is 0 Å². The highest BCUT2D eigenvalue weighted by molar-refractivity contribution is 5.76. The summed E-state index contributed by atoms with van der Waals surface area (Å²) in [6.07, 6.45) is 4.43. The van der Waals surface area contributed by atoms with Crippen molar-refractivity contribution in [1.82, 2.24) is 4.90 Å². The van der Waals surface area contributed by atoms with Gasteiger partial charge in [-0.2, -0.15) is 0 Å². The molecule has 1 saturated heterocycles. The van der Waals surface area contributed by atoms with E-state index in [0.29, 0.717) is 6.61 Å². The van der Waals surface area contributed by atoms with Crippen molar-refractivity contribution in [3.63, 3.8) is 0 Å². The number of ether oxygens (including phenoxy) is 2. The molecule has 0 bridgehead atoms. The maximum absolute atomic E-state index is 10.7. The summed E-state index contributed by atoms with van der Waals surface area (Å²) in [5.74, 6) is 0.450. The topological polar surface area (TPSA) is 64.8 Å². The standard InChI is InChI=1S/C23H28N2O3/c1-27-21-8-6-19(7-9-21)22-5-3-2-4-20(22)16-18-10-12-25(13-11-18)14-15-28-17-23(24)26/h2-9,16H,10-15,17H2,1H3,(H2,24,26). The lowest BCUT2D eigenvalue weighted by atomic mass is 9.95. The Hall–Kier alpha value is -2.63. The number of hydrogen-bond acceptors (Lipinski definition) is 4. The van der Waals surface area contributed by atoms with Crippen LogP contribution in [0.4, 0.5) is 0 Å². The fraction of sp³-hybridized carbons (Fsp3) is 0.348. The number of nitrogens with two attached hydrogens (primary N) is 1. The lowest BCUT2D eigenvalue weighted by molar-refractivity contribution is -0.122. The Morgan fingerprint density at radius 1 is 1.11 bits per heavy atom. The van der Waals surface area contributed by atoms with E-state index in [-0.39, 0.29) is 6.61 Å². The van der Waals surface area contributed by atoms with Gasteiger partial charge in [0.1, 0.15) is 12.4 Å². The molecule has 1 aliphatic heterocycles. The van der Waals surface area contributed by atoms with Gasteiger partial charge < -0.3 is 20.1 Å². The van der Waals surface area contributed by atoms with E-state index in [1.54, 1.807) is 7.11 Å². The van der Waals surface area contributed by atoms with Crippen molar-refractivity contribution in [2.24, 2.45) is 5.73 Å². The Morgan fingerprint density at radius 3 is 2.50 bits per heavy atom. The number of benzene rings is 2. The zero-order valence-corrected chi connectivity index (χ0v) is 16.4. The highest BCUT2D eigenvalue weighted by atomic mass is 16.5. The van der Waals surface area contributed by atoms with Gasteiger partial charge in [-0.1, -0.05) is 48.0 Å². The van der Waals surface area contributed by atoms with E-state index in [1.165, 1.54) is 22.3 Å². The predicted octanol–water partition coefficient (Wildman–Crippen LogP) is 3.34. The molecule has 28 heavy (non-hydrogen) atoms. The quantitative estimate of drug-likeness (QED) is 0.714. The van der Waals surface area contributed by atoms with Gasteiger partial charge in [0.05, 0.1) is 13.7 Å². The highest BCUT2D eigenvalue weighted by Crippen LogP contribution is 2.29. The van der Waals surface area contributed by atoms with Crippen LogP contribution in [0.25, 0.3) is 17.2 Å². The monoisotopic (exact) mass is 380 g/mol. The molecule has 0 aliphatic carbocycles. The molecule has 0 spiro atoms.